The fourth-order valence-corrected chi connectivity index (χ4v) is 3.11. The molecule has 0 aromatic heterocycles. The van der Waals surface area contributed by atoms with Gasteiger partial charge in [0.25, 0.3) is 0 Å². The van der Waals surface area contributed by atoms with E-state index in [-0.39, 0.29) is 18.3 Å². The van der Waals surface area contributed by atoms with Gasteiger partial charge in [-0.2, -0.15) is 13.2 Å². The summed E-state index contributed by atoms with van der Waals surface area (Å²) in [6, 6.07) is 2.53. The molecule has 1 aliphatic rings. The predicted octanol–water partition coefficient (Wildman–Crippen LogP) is 4.20. The van der Waals surface area contributed by atoms with Crippen LogP contribution in [0.4, 0.5) is 28.0 Å². The van der Waals surface area contributed by atoms with Crippen molar-refractivity contribution in [1.82, 2.24) is 4.90 Å². The van der Waals surface area contributed by atoms with Gasteiger partial charge in [0.2, 0.25) is 0 Å². The Hall–Kier alpha value is -1.99. The summed E-state index contributed by atoms with van der Waals surface area (Å²) in [6.07, 6.45) is -5.33. The summed E-state index contributed by atoms with van der Waals surface area (Å²) < 4.78 is 51.9. The summed E-state index contributed by atoms with van der Waals surface area (Å²) in [6.45, 7) is 5.98. The van der Waals surface area contributed by atoms with Crippen LogP contribution >= 0.6 is 0 Å². The molecule has 1 aromatic rings. The van der Waals surface area contributed by atoms with E-state index in [1.165, 1.54) is 11.0 Å². The third kappa shape index (κ3) is 3.73. The molecule has 1 aliphatic heterocycles. The molecule has 1 N–H and O–H groups in total. The van der Waals surface area contributed by atoms with Crippen molar-refractivity contribution in [1.29, 1.82) is 0 Å². The van der Waals surface area contributed by atoms with Crippen molar-refractivity contribution in [3.8, 4) is 0 Å². The molecule has 1 unspecified atom stereocenters. The highest BCUT2D eigenvalue weighted by atomic mass is 19.4. The Morgan fingerprint density at radius 3 is 2.42 bits per heavy atom. The zero-order valence-electron chi connectivity index (χ0n) is 13.7. The van der Waals surface area contributed by atoms with Crippen LogP contribution in [0.1, 0.15) is 32.8 Å². The number of carboxylic acid groups (broad SMARTS) is 1. The maximum Gasteiger partial charge on any atom is 0.419 e. The summed E-state index contributed by atoms with van der Waals surface area (Å²) >= 11 is 0. The van der Waals surface area contributed by atoms with E-state index in [0.717, 1.165) is 12.1 Å². The third-order valence-electron chi connectivity index (χ3n) is 4.08. The number of hydrogen-bond donors (Lipinski definition) is 1. The number of amides is 1. The number of rotatable bonds is 2. The minimum atomic E-state index is -4.77. The second-order valence-corrected chi connectivity index (χ2v) is 6.87. The van der Waals surface area contributed by atoms with Crippen molar-refractivity contribution in [2.75, 3.05) is 18.0 Å². The number of hydrogen-bond acceptors (Lipinski definition) is 2. The Balaban J connectivity index is 2.24. The van der Waals surface area contributed by atoms with Gasteiger partial charge in [-0.15, -0.1) is 0 Å². The molecule has 0 radical (unpaired) electrons. The molecule has 2 rings (SSSR count). The first-order valence-corrected chi connectivity index (χ1v) is 7.55. The fraction of sp³-hybridized carbons (Fsp3) is 0.562. The highest BCUT2D eigenvalue weighted by Gasteiger charge is 2.38. The zero-order chi connectivity index (χ0) is 18.3. The van der Waals surface area contributed by atoms with E-state index < -0.39 is 29.2 Å². The smallest absolute Gasteiger partial charge is 0.419 e. The maximum absolute atomic E-state index is 13.4. The molecule has 0 spiro atoms. The van der Waals surface area contributed by atoms with Crippen molar-refractivity contribution < 1.29 is 27.5 Å². The van der Waals surface area contributed by atoms with Gasteiger partial charge >= 0.3 is 12.3 Å². The topological polar surface area (TPSA) is 43.8 Å². The van der Waals surface area contributed by atoms with Crippen molar-refractivity contribution in [3.63, 3.8) is 0 Å². The van der Waals surface area contributed by atoms with Gasteiger partial charge in [0, 0.05) is 24.3 Å². The van der Waals surface area contributed by atoms with Crippen LogP contribution < -0.4 is 4.90 Å². The SMILES string of the molecule is CC(C)(C)N(C(=O)O)C1CCN(c2ccc(F)c(C(F)(F)F)c2)C1. The predicted molar refractivity (Wildman–Crippen MR) is 81.6 cm³/mol. The van der Waals surface area contributed by atoms with Crippen LogP contribution in [0.5, 0.6) is 0 Å². The van der Waals surface area contributed by atoms with E-state index in [0.29, 0.717) is 13.0 Å². The van der Waals surface area contributed by atoms with Gasteiger partial charge in [-0.1, -0.05) is 0 Å². The summed E-state index contributed by atoms with van der Waals surface area (Å²) in [5, 5.41) is 9.42. The lowest BCUT2D eigenvalue weighted by Crippen LogP contribution is -2.52. The fourth-order valence-electron chi connectivity index (χ4n) is 3.11. The molecule has 1 amide bonds. The summed E-state index contributed by atoms with van der Waals surface area (Å²) in [5.74, 6) is -1.32. The van der Waals surface area contributed by atoms with E-state index in [4.69, 9.17) is 0 Å². The third-order valence-corrected chi connectivity index (χ3v) is 4.08. The lowest BCUT2D eigenvalue weighted by Gasteiger charge is -2.38. The Morgan fingerprint density at radius 2 is 1.92 bits per heavy atom. The molecule has 24 heavy (non-hydrogen) atoms. The van der Waals surface area contributed by atoms with Gasteiger partial charge in [-0.25, -0.2) is 9.18 Å². The van der Waals surface area contributed by atoms with Gasteiger partial charge in [0.1, 0.15) is 5.82 Å². The first kappa shape index (κ1) is 18.4. The van der Waals surface area contributed by atoms with Gasteiger partial charge in [0.05, 0.1) is 11.6 Å². The van der Waals surface area contributed by atoms with Crippen LogP contribution in [-0.2, 0) is 6.18 Å². The highest BCUT2D eigenvalue weighted by molar-refractivity contribution is 5.67. The highest BCUT2D eigenvalue weighted by Crippen LogP contribution is 2.35. The van der Waals surface area contributed by atoms with Crippen LogP contribution in [0.25, 0.3) is 0 Å². The Bertz CT molecular complexity index is 625. The molecule has 1 fully saturated rings. The molecular formula is C16H20F4N2O2. The number of benzene rings is 1. The lowest BCUT2D eigenvalue weighted by atomic mass is 10.0. The Labute approximate surface area is 137 Å². The van der Waals surface area contributed by atoms with Gasteiger partial charge in [-0.05, 0) is 45.4 Å². The average Bonchev–Trinajstić information content (AvgIpc) is 2.84. The van der Waals surface area contributed by atoms with Crippen LogP contribution in [0.3, 0.4) is 0 Å². The van der Waals surface area contributed by atoms with E-state index >= 15 is 0 Å². The number of nitrogens with zero attached hydrogens (tertiary/aromatic N) is 2. The minimum Gasteiger partial charge on any atom is -0.465 e. The van der Waals surface area contributed by atoms with Crippen LogP contribution in [0.2, 0.25) is 0 Å². The van der Waals surface area contributed by atoms with E-state index in [2.05, 4.69) is 0 Å². The molecule has 1 atom stereocenters. The quantitative estimate of drug-likeness (QED) is 0.815. The van der Waals surface area contributed by atoms with Crippen molar-refractivity contribution in [2.24, 2.45) is 0 Å². The van der Waals surface area contributed by atoms with Crippen LogP contribution in [0, 0.1) is 5.82 Å². The first-order valence-electron chi connectivity index (χ1n) is 7.55. The Kier molecular flexibility index (Phi) is 4.70. The van der Waals surface area contributed by atoms with Crippen LogP contribution in [0.15, 0.2) is 18.2 Å². The molecule has 134 valence electrons. The summed E-state index contributed by atoms with van der Waals surface area (Å²) in [4.78, 5) is 14.5. The van der Waals surface area contributed by atoms with Crippen molar-refractivity contribution in [3.05, 3.63) is 29.6 Å². The molecule has 1 aromatic carbocycles. The molecular weight excluding hydrogens is 328 g/mol. The van der Waals surface area contributed by atoms with E-state index in [1.54, 1.807) is 25.7 Å². The van der Waals surface area contributed by atoms with Gasteiger partial charge in [-0.3, -0.25) is 4.90 Å². The molecule has 1 saturated heterocycles. The number of halogens is 4. The van der Waals surface area contributed by atoms with Gasteiger partial charge in [0.15, 0.2) is 0 Å². The Morgan fingerprint density at radius 1 is 1.29 bits per heavy atom. The standard InChI is InChI=1S/C16H20F4N2O2/c1-15(2,3)22(14(23)24)11-6-7-21(9-11)10-4-5-13(17)12(8-10)16(18,19)20/h4-5,8,11H,6-7,9H2,1-3H3,(H,23,24). The second kappa shape index (κ2) is 6.14. The van der Waals surface area contributed by atoms with Crippen molar-refractivity contribution >= 4 is 11.8 Å². The second-order valence-electron chi connectivity index (χ2n) is 6.87. The molecule has 0 aliphatic carbocycles. The summed E-state index contributed by atoms with van der Waals surface area (Å²) in [7, 11) is 0. The molecule has 1 heterocycles. The number of anilines is 1. The lowest BCUT2D eigenvalue weighted by molar-refractivity contribution is -0.139. The van der Waals surface area contributed by atoms with Crippen LogP contribution in [-0.4, -0.2) is 40.8 Å². The number of alkyl halides is 3. The molecule has 4 nitrogen and oxygen atoms in total. The molecule has 0 saturated carbocycles. The van der Waals surface area contributed by atoms with E-state index in [9.17, 15) is 27.5 Å². The molecule has 0 bridgehead atoms. The number of carbonyl (C=O) groups is 1. The average molecular weight is 348 g/mol. The van der Waals surface area contributed by atoms with Crippen molar-refractivity contribution in [2.45, 2.75) is 44.9 Å². The zero-order valence-corrected chi connectivity index (χ0v) is 13.7. The summed E-state index contributed by atoms with van der Waals surface area (Å²) in [5.41, 5.74) is -1.69. The first-order chi connectivity index (χ1) is 10.9. The maximum atomic E-state index is 13.4. The minimum absolute atomic E-state index is 0.241. The molecule has 8 heteroatoms. The van der Waals surface area contributed by atoms with E-state index in [1.807, 2.05) is 0 Å². The normalized spacial score (nSPS) is 18.8. The van der Waals surface area contributed by atoms with Gasteiger partial charge < -0.3 is 10.0 Å². The monoisotopic (exact) mass is 348 g/mol. The largest absolute Gasteiger partial charge is 0.465 e.